The maximum atomic E-state index is 12.2. The van der Waals surface area contributed by atoms with Crippen molar-refractivity contribution < 1.29 is 9.59 Å². The first-order valence-electron chi connectivity index (χ1n) is 5.96. The molecule has 21 heavy (non-hydrogen) atoms. The summed E-state index contributed by atoms with van der Waals surface area (Å²) >= 11 is 9.21. The molecule has 2 amide bonds. The number of aromatic nitrogens is 1. The number of hydrogen-bond acceptors (Lipinski definition) is 3. The topological polar surface area (TPSA) is 71.1 Å². The number of pyridine rings is 1. The maximum Gasteiger partial charge on any atom is 0.258 e. The standard InChI is InChI=1S/C14H11BrClN3O2/c1-8(20)18-11-5-4-9(15)7-12(11)19-14(21)10-3-2-6-17-13(10)16/h2-7H,1H3,(H,18,20)(H,19,21). The average molecular weight is 369 g/mol. The number of nitrogens with one attached hydrogen (secondary N) is 2. The number of carbonyl (C=O) groups excluding carboxylic acids is 2. The van der Waals surface area contributed by atoms with Crippen molar-refractivity contribution in [2.45, 2.75) is 6.92 Å². The van der Waals surface area contributed by atoms with Gasteiger partial charge in [0.1, 0.15) is 5.15 Å². The first-order chi connectivity index (χ1) is 9.97. The van der Waals surface area contributed by atoms with E-state index < -0.39 is 5.91 Å². The van der Waals surface area contributed by atoms with Gasteiger partial charge in [-0.1, -0.05) is 27.5 Å². The molecule has 0 fully saturated rings. The Morgan fingerprint density at radius 3 is 2.62 bits per heavy atom. The minimum Gasteiger partial charge on any atom is -0.325 e. The fourth-order valence-electron chi connectivity index (χ4n) is 1.66. The molecule has 7 heteroatoms. The number of nitrogens with zero attached hydrogens (tertiary/aromatic N) is 1. The molecule has 2 aromatic rings. The SMILES string of the molecule is CC(=O)Nc1ccc(Br)cc1NC(=O)c1cccnc1Cl. The molecule has 0 bridgehead atoms. The summed E-state index contributed by atoms with van der Waals surface area (Å²) in [6, 6.07) is 8.33. The van der Waals surface area contributed by atoms with Gasteiger partial charge in [-0.05, 0) is 30.3 Å². The minimum atomic E-state index is -0.405. The lowest BCUT2D eigenvalue weighted by Gasteiger charge is -2.12. The van der Waals surface area contributed by atoms with Crippen molar-refractivity contribution >= 4 is 50.7 Å². The van der Waals surface area contributed by atoms with E-state index in [0.29, 0.717) is 11.4 Å². The Hall–Kier alpha value is -1.92. The summed E-state index contributed by atoms with van der Waals surface area (Å²) < 4.78 is 0.768. The second-order valence-corrected chi connectivity index (χ2v) is 5.44. The van der Waals surface area contributed by atoms with Crippen molar-refractivity contribution in [2.24, 2.45) is 0 Å². The largest absolute Gasteiger partial charge is 0.325 e. The van der Waals surface area contributed by atoms with E-state index in [0.717, 1.165) is 4.47 Å². The zero-order valence-electron chi connectivity index (χ0n) is 11.0. The maximum absolute atomic E-state index is 12.2. The number of hydrogen-bond donors (Lipinski definition) is 2. The molecule has 0 aliphatic heterocycles. The second-order valence-electron chi connectivity index (χ2n) is 4.17. The quantitative estimate of drug-likeness (QED) is 0.811. The van der Waals surface area contributed by atoms with Crippen molar-refractivity contribution in [3.05, 3.63) is 51.7 Å². The Morgan fingerprint density at radius 1 is 1.19 bits per heavy atom. The first-order valence-corrected chi connectivity index (χ1v) is 7.13. The van der Waals surface area contributed by atoms with Gasteiger partial charge in [-0.2, -0.15) is 0 Å². The highest BCUT2D eigenvalue weighted by atomic mass is 79.9. The highest BCUT2D eigenvalue weighted by Crippen LogP contribution is 2.27. The lowest BCUT2D eigenvalue weighted by atomic mass is 10.2. The molecular formula is C14H11BrClN3O2. The zero-order chi connectivity index (χ0) is 15.4. The summed E-state index contributed by atoms with van der Waals surface area (Å²) in [4.78, 5) is 27.3. The van der Waals surface area contributed by atoms with Gasteiger partial charge in [-0.15, -0.1) is 0 Å². The number of halogens is 2. The van der Waals surface area contributed by atoms with Crippen molar-refractivity contribution in [3.63, 3.8) is 0 Å². The lowest BCUT2D eigenvalue weighted by Crippen LogP contribution is -2.15. The van der Waals surface area contributed by atoms with Gasteiger partial charge in [0.05, 0.1) is 16.9 Å². The van der Waals surface area contributed by atoms with Gasteiger partial charge in [-0.25, -0.2) is 4.98 Å². The number of anilines is 2. The van der Waals surface area contributed by atoms with Crippen LogP contribution in [-0.4, -0.2) is 16.8 Å². The van der Waals surface area contributed by atoms with Gasteiger partial charge in [0.15, 0.2) is 0 Å². The summed E-state index contributed by atoms with van der Waals surface area (Å²) in [5.41, 5.74) is 1.22. The molecule has 0 saturated carbocycles. The van der Waals surface area contributed by atoms with Crippen LogP contribution in [-0.2, 0) is 4.79 Å². The minimum absolute atomic E-state index is 0.117. The first kappa shape index (κ1) is 15.5. The predicted octanol–water partition coefficient (Wildman–Crippen LogP) is 3.71. The molecule has 0 aliphatic rings. The third-order valence-corrected chi connectivity index (χ3v) is 3.34. The molecule has 2 N–H and O–H groups in total. The van der Waals surface area contributed by atoms with Crippen molar-refractivity contribution in [1.82, 2.24) is 4.98 Å². The van der Waals surface area contributed by atoms with Crippen LogP contribution in [0.5, 0.6) is 0 Å². The van der Waals surface area contributed by atoms with Crippen LogP contribution in [0.4, 0.5) is 11.4 Å². The zero-order valence-corrected chi connectivity index (χ0v) is 13.3. The fraction of sp³-hybridized carbons (Fsp3) is 0.0714. The van der Waals surface area contributed by atoms with Crippen molar-refractivity contribution in [1.29, 1.82) is 0 Å². The summed E-state index contributed by atoms with van der Waals surface area (Å²) in [5.74, 6) is -0.634. The third kappa shape index (κ3) is 4.03. The molecule has 1 aromatic carbocycles. The summed E-state index contributed by atoms with van der Waals surface area (Å²) in [5, 5.41) is 5.47. The van der Waals surface area contributed by atoms with E-state index in [1.807, 2.05) is 0 Å². The predicted molar refractivity (Wildman–Crippen MR) is 85.6 cm³/mol. The molecular weight excluding hydrogens is 358 g/mol. The van der Waals surface area contributed by atoms with Crippen LogP contribution >= 0.6 is 27.5 Å². The Morgan fingerprint density at radius 2 is 1.95 bits per heavy atom. The summed E-state index contributed by atoms with van der Waals surface area (Å²) in [6.45, 7) is 1.39. The highest BCUT2D eigenvalue weighted by Gasteiger charge is 2.13. The van der Waals surface area contributed by atoms with E-state index in [-0.39, 0.29) is 16.6 Å². The number of carbonyl (C=O) groups is 2. The van der Waals surface area contributed by atoms with Crippen LogP contribution in [0.2, 0.25) is 5.15 Å². The Kier molecular flexibility index (Phi) is 4.93. The Balaban J connectivity index is 2.30. The van der Waals surface area contributed by atoms with E-state index in [4.69, 9.17) is 11.6 Å². The van der Waals surface area contributed by atoms with E-state index in [2.05, 4.69) is 31.5 Å². The van der Waals surface area contributed by atoms with Crippen LogP contribution < -0.4 is 10.6 Å². The van der Waals surface area contributed by atoms with Gasteiger partial charge in [0, 0.05) is 17.6 Å². The fourth-order valence-corrected chi connectivity index (χ4v) is 2.23. The Bertz CT molecular complexity index is 706. The molecule has 0 spiro atoms. The van der Waals surface area contributed by atoms with Crippen LogP contribution in [0.25, 0.3) is 0 Å². The van der Waals surface area contributed by atoms with Gasteiger partial charge in [0.2, 0.25) is 5.91 Å². The molecule has 0 saturated heterocycles. The summed E-state index contributed by atoms with van der Waals surface area (Å²) in [6.07, 6.45) is 1.50. The van der Waals surface area contributed by atoms with E-state index >= 15 is 0 Å². The van der Waals surface area contributed by atoms with Crippen LogP contribution in [0.1, 0.15) is 17.3 Å². The molecule has 0 radical (unpaired) electrons. The third-order valence-electron chi connectivity index (χ3n) is 2.54. The van der Waals surface area contributed by atoms with Gasteiger partial charge in [-0.3, -0.25) is 9.59 Å². The lowest BCUT2D eigenvalue weighted by molar-refractivity contribution is -0.114. The Labute approximate surface area is 134 Å². The van der Waals surface area contributed by atoms with Crippen molar-refractivity contribution in [2.75, 3.05) is 10.6 Å². The monoisotopic (exact) mass is 367 g/mol. The molecule has 1 aromatic heterocycles. The number of benzene rings is 1. The van der Waals surface area contributed by atoms with Gasteiger partial charge < -0.3 is 10.6 Å². The van der Waals surface area contributed by atoms with Gasteiger partial charge in [0.25, 0.3) is 5.91 Å². The molecule has 0 atom stereocenters. The molecule has 0 aliphatic carbocycles. The molecule has 1 heterocycles. The average Bonchev–Trinajstić information content (AvgIpc) is 2.42. The normalized spacial score (nSPS) is 10.0. The summed E-state index contributed by atoms with van der Waals surface area (Å²) in [7, 11) is 0. The second kappa shape index (κ2) is 6.69. The van der Waals surface area contributed by atoms with Gasteiger partial charge >= 0.3 is 0 Å². The molecule has 0 unspecified atom stereocenters. The van der Waals surface area contributed by atoms with E-state index in [1.54, 1.807) is 30.3 Å². The molecule has 108 valence electrons. The van der Waals surface area contributed by atoms with Crippen LogP contribution in [0.15, 0.2) is 41.0 Å². The molecule has 2 rings (SSSR count). The highest BCUT2D eigenvalue weighted by molar-refractivity contribution is 9.10. The van der Waals surface area contributed by atoms with Crippen LogP contribution in [0.3, 0.4) is 0 Å². The van der Waals surface area contributed by atoms with E-state index in [9.17, 15) is 9.59 Å². The number of amides is 2. The van der Waals surface area contributed by atoms with Crippen LogP contribution in [0, 0.1) is 0 Å². The number of rotatable bonds is 3. The molecule has 5 nitrogen and oxygen atoms in total. The van der Waals surface area contributed by atoms with E-state index in [1.165, 1.54) is 13.1 Å². The smallest absolute Gasteiger partial charge is 0.258 e. The van der Waals surface area contributed by atoms with Crippen molar-refractivity contribution in [3.8, 4) is 0 Å².